The van der Waals surface area contributed by atoms with E-state index >= 15 is 0 Å². The predicted octanol–water partition coefficient (Wildman–Crippen LogP) is 6.13. The molecule has 1 N–H and O–H groups in total. The fourth-order valence-corrected chi connectivity index (χ4v) is 4.20. The van der Waals surface area contributed by atoms with Crippen LogP contribution in [0.5, 0.6) is 11.5 Å². The summed E-state index contributed by atoms with van der Waals surface area (Å²) in [5.74, 6) is 2.01. The lowest BCUT2D eigenvalue weighted by molar-refractivity contribution is 0.0992. The zero-order chi connectivity index (χ0) is 25.1. The monoisotopic (exact) mass is 481 g/mol. The van der Waals surface area contributed by atoms with Gasteiger partial charge in [0.15, 0.2) is 5.76 Å². The van der Waals surface area contributed by atoms with Gasteiger partial charge in [-0.3, -0.25) is 9.48 Å². The van der Waals surface area contributed by atoms with E-state index in [1.807, 2.05) is 85.3 Å². The second-order valence-electron chi connectivity index (χ2n) is 8.54. The third kappa shape index (κ3) is 4.81. The van der Waals surface area contributed by atoms with Crippen LogP contribution in [0.1, 0.15) is 33.3 Å². The Kier molecular flexibility index (Phi) is 6.45. The molecule has 0 saturated heterocycles. The van der Waals surface area contributed by atoms with Crippen molar-refractivity contribution in [3.8, 4) is 11.5 Å². The molecule has 0 radical (unpaired) electrons. The van der Waals surface area contributed by atoms with E-state index in [0.29, 0.717) is 18.0 Å². The number of nitrogens with one attached hydrogen (secondary N) is 1. The first kappa shape index (κ1) is 23.2. The van der Waals surface area contributed by atoms with Crippen molar-refractivity contribution in [2.45, 2.75) is 27.0 Å². The Labute approximate surface area is 209 Å². The molecular weight excluding hydrogens is 454 g/mol. The summed E-state index contributed by atoms with van der Waals surface area (Å²) in [6, 6.07) is 25.2. The molecule has 0 aliphatic carbocycles. The van der Waals surface area contributed by atoms with Crippen molar-refractivity contribution < 1.29 is 18.7 Å². The number of carbonyl (C=O) groups excluding carboxylic acids is 1. The largest absolute Gasteiger partial charge is 0.497 e. The molecule has 0 fully saturated rings. The highest BCUT2D eigenvalue weighted by atomic mass is 16.5. The molecule has 1 amide bonds. The van der Waals surface area contributed by atoms with Gasteiger partial charge >= 0.3 is 0 Å². The fourth-order valence-electron chi connectivity index (χ4n) is 4.20. The highest BCUT2D eigenvalue weighted by molar-refractivity contribution is 6.03. The number of fused-ring (bicyclic) bond motifs is 1. The van der Waals surface area contributed by atoms with E-state index in [0.717, 1.165) is 39.2 Å². The number of carbonyl (C=O) groups is 1. The second-order valence-corrected chi connectivity index (χ2v) is 8.54. The summed E-state index contributed by atoms with van der Waals surface area (Å²) in [5, 5.41) is 9.70. The number of anilines is 1. The standard InChI is InChI=1S/C29H27N3O4/c1-19-28(20(2)32(31-19)17-21-8-6-11-23(16-21)34-3)30-29(33)27-15-14-24(36-27)18-35-26-13-7-10-22-9-4-5-12-25(22)26/h4-16H,17-18H2,1-3H3,(H,30,33). The van der Waals surface area contributed by atoms with Crippen LogP contribution in [0.4, 0.5) is 5.69 Å². The summed E-state index contributed by atoms with van der Waals surface area (Å²) in [6.45, 7) is 4.59. The summed E-state index contributed by atoms with van der Waals surface area (Å²) >= 11 is 0. The van der Waals surface area contributed by atoms with Crippen molar-refractivity contribution in [2.75, 3.05) is 12.4 Å². The number of hydrogen-bond donors (Lipinski definition) is 1. The number of aromatic nitrogens is 2. The predicted molar refractivity (Wildman–Crippen MR) is 139 cm³/mol. The minimum atomic E-state index is -0.335. The zero-order valence-electron chi connectivity index (χ0n) is 20.4. The molecule has 0 atom stereocenters. The Morgan fingerprint density at radius 1 is 1.00 bits per heavy atom. The van der Waals surface area contributed by atoms with Gasteiger partial charge in [-0.15, -0.1) is 0 Å². The van der Waals surface area contributed by atoms with E-state index < -0.39 is 0 Å². The second kappa shape index (κ2) is 10.00. The van der Waals surface area contributed by atoms with Crippen molar-refractivity contribution in [3.63, 3.8) is 0 Å². The molecule has 182 valence electrons. The Balaban J connectivity index is 1.26. The Bertz CT molecular complexity index is 1530. The lowest BCUT2D eigenvalue weighted by atomic mass is 10.1. The number of hydrogen-bond acceptors (Lipinski definition) is 5. The minimum absolute atomic E-state index is 0.214. The molecule has 0 aliphatic heterocycles. The summed E-state index contributed by atoms with van der Waals surface area (Å²) in [4.78, 5) is 12.9. The van der Waals surface area contributed by atoms with Gasteiger partial charge < -0.3 is 19.2 Å². The highest BCUT2D eigenvalue weighted by Gasteiger charge is 2.18. The molecule has 2 aromatic heterocycles. The van der Waals surface area contributed by atoms with E-state index in [1.165, 1.54) is 0 Å². The Morgan fingerprint density at radius 2 is 1.81 bits per heavy atom. The lowest BCUT2D eigenvalue weighted by Gasteiger charge is -2.08. The van der Waals surface area contributed by atoms with Crippen LogP contribution in [0.25, 0.3) is 10.8 Å². The third-order valence-corrected chi connectivity index (χ3v) is 6.09. The third-order valence-electron chi connectivity index (χ3n) is 6.09. The minimum Gasteiger partial charge on any atom is -0.497 e. The van der Waals surface area contributed by atoms with Gasteiger partial charge in [0.25, 0.3) is 5.91 Å². The number of rotatable bonds is 8. The number of ether oxygens (including phenoxy) is 2. The van der Waals surface area contributed by atoms with Gasteiger partial charge in [0, 0.05) is 5.39 Å². The van der Waals surface area contributed by atoms with Gasteiger partial charge in [-0.05, 0) is 55.1 Å². The molecular formula is C29H27N3O4. The maximum atomic E-state index is 12.9. The molecule has 7 nitrogen and oxygen atoms in total. The average Bonchev–Trinajstić information content (AvgIpc) is 3.48. The molecule has 5 aromatic rings. The zero-order valence-corrected chi connectivity index (χ0v) is 20.4. The topological polar surface area (TPSA) is 78.5 Å². The number of furan rings is 1. The number of methoxy groups -OCH3 is 1. The quantitative estimate of drug-likeness (QED) is 0.288. The van der Waals surface area contributed by atoms with E-state index in [4.69, 9.17) is 13.9 Å². The molecule has 0 spiro atoms. The van der Waals surface area contributed by atoms with Crippen LogP contribution in [0.2, 0.25) is 0 Å². The molecule has 0 unspecified atom stereocenters. The van der Waals surface area contributed by atoms with Gasteiger partial charge in [0.2, 0.25) is 0 Å². The molecule has 36 heavy (non-hydrogen) atoms. The molecule has 7 heteroatoms. The fraction of sp³-hybridized carbons (Fsp3) is 0.172. The summed E-state index contributed by atoms with van der Waals surface area (Å²) < 4.78 is 18.9. The molecule has 0 aliphatic rings. The van der Waals surface area contributed by atoms with Crippen LogP contribution in [-0.4, -0.2) is 22.8 Å². The first-order valence-corrected chi connectivity index (χ1v) is 11.7. The Morgan fingerprint density at radius 3 is 2.67 bits per heavy atom. The summed E-state index contributed by atoms with van der Waals surface area (Å²) in [7, 11) is 1.64. The van der Waals surface area contributed by atoms with Crippen LogP contribution < -0.4 is 14.8 Å². The smallest absolute Gasteiger partial charge is 0.291 e. The molecule has 0 saturated carbocycles. The van der Waals surface area contributed by atoms with Crippen molar-refractivity contribution in [3.05, 3.63) is 107 Å². The van der Waals surface area contributed by atoms with Crippen LogP contribution in [-0.2, 0) is 13.2 Å². The van der Waals surface area contributed by atoms with Crippen molar-refractivity contribution >= 4 is 22.4 Å². The molecule has 0 bridgehead atoms. The first-order chi connectivity index (χ1) is 17.5. The van der Waals surface area contributed by atoms with Crippen LogP contribution in [0, 0.1) is 13.8 Å². The normalized spacial score (nSPS) is 11.0. The Hall–Kier alpha value is -4.52. The van der Waals surface area contributed by atoms with Gasteiger partial charge in [-0.1, -0.05) is 48.5 Å². The molecule has 2 heterocycles. The SMILES string of the molecule is COc1cccc(Cn2nc(C)c(NC(=O)c3ccc(COc4cccc5ccccc45)o3)c2C)c1. The summed E-state index contributed by atoms with van der Waals surface area (Å²) in [6.07, 6.45) is 0. The number of nitrogens with zero attached hydrogens (tertiary/aromatic N) is 2. The number of aryl methyl sites for hydroxylation is 1. The number of amides is 1. The van der Waals surface area contributed by atoms with Gasteiger partial charge in [0.1, 0.15) is 23.9 Å². The average molecular weight is 482 g/mol. The van der Waals surface area contributed by atoms with E-state index in [9.17, 15) is 4.79 Å². The van der Waals surface area contributed by atoms with E-state index in [-0.39, 0.29) is 18.3 Å². The van der Waals surface area contributed by atoms with Gasteiger partial charge in [-0.25, -0.2) is 0 Å². The van der Waals surface area contributed by atoms with Gasteiger partial charge in [0.05, 0.1) is 30.7 Å². The van der Waals surface area contributed by atoms with Crippen LogP contribution in [0.15, 0.2) is 83.3 Å². The first-order valence-electron chi connectivity index (χ1n) is 11.7. The van der Waals surface area contributed by atoms with E-state index in [1.54, 1.807) is 19.2 Å². The van der Waals surface area contributed by atoms with Gasteiger partial charge in [-0.2, -0.15) is 5.10 Å². The highest BCUT2D eigenvalue weighted by Crippen LogP contribution is 2.27. The number of benzene rings is 3. The van der Waals surface area contributed by atoms with Crippen LogP contribution in [0.3, 0.4) is 0 Å². The maximum absolute atomic E-state index is 12.9. The van der Waals surface area contributed by atoms with Crippen molar-refractivity contribution in [2.24, 2.45) is 0 Å². The molecule has 5 rings (SSSR count). The van der Waals surface area contributed by atoms with Crippen molar-refractivity contribution in [1.29, 1.82) is 0 Å². The van der Waals surface area contributed by atoms with Crippen LogP contribution >= 0.6 is 0 Å². The van der Waals surface area contributed by atoms with Crippen molar-refractivity contribution in [1.82, 2.24) is 9.78 Å². The lowest BCUT2D eigenvalue weighted by Crippen LogP contribution is -2.12. The summed E-state index contributed by atoms with van der Waals surface area (Å²) in [5.41, 5.74) is 3.32. The molecule has 3 aromatic carbocycles. The maximum Gasteiger partial charge on any atom is 0.291 e. The van der Waals surface area contributed by atoms with E-state index in [2.05, 4.69) is 10.4 Å².